The topological polar surface area (TPSA) is 51.8 Å². The summed E-state index contributed by atoms with van der Waals surface area (Å²) in [6, 6.07) is 74.6. The van der Waals surface area contributed by atoms with Gasteiger partial charge in [0.2, 0.25) is 0 Å². The normalized spacial score (nSPS) is 12.6. The van der Waals surface area contributed by atoms with Crippen LogP contribution in [0.5, 0.6) is 0 Å². The van der Waals surface area contributed by atoms with E-state index < -0.39 is 5.41 Å². The zero-order chi connectivity index (χ0) is 38.5. The van der Waals surface area contributed by atoms with Crippen LogP contribution < -0.4 is 0 Å². The number of hydrogen-bond acceptors (Lipinski definition) is 4. The lowest BCUT2D eigenvalue weighted by molar-refractivity contribution is 0.631. The van der Waals surface area contributed by atoms with E-state index in [4.69, 9.17) is 19.4 Å². The number of furan rings is 1. The lowest BCUT2D eigenvalue weighted by Gasteiger charge is -2.34. The van der Waals surface area contributed by atoms with Crippen molar-refractivity contribution in [2.75, 3.05) is 0 Å². The van der Waals surface area contributed by atoms with Crippen molar-refractivity contribution < 1.29 is 4.42 Å². The Morgan fingerprint density at radius 3 is 1.55 bits per heavy atom. The predicted octanol–water partition coefficient (Wildman–Crippen LogP) is 13.3. The summed E-state index contributed by atoms with van der Waals surface area (Å²) in [6.45, 7) is 0. The largest absolute Gasteiger partial charge is 0.456 e. The summed E-state index contributed by atoms with van der Waals surface area (Å²) in [5.74, 6) is 2.64. The number of fused-ring (bicyclic) bond motifs is 4. The average Bonchev–Trinajstić information content (AvgIpc) is 3.88. The summed E-state index contributed by atoms with van der Waals surface area (Å²) in [5.41, 5.74) is 13.6. The molecule has 8 aromatic carbocycles. The maximum absolute atomic E-state index is 6.20. The highest BCUT2D eigenvalue weighted by molar-refractivity contribution is 5.88. The van der Waals surface area contributed by atoms with Crippen molar-refractivity contribution in [3.63, 3.8) is 0 Å². The molecule has 272 valence electrons. The average molecular weight is 742 g/mol. The van der Waals surface area contributed by atoms with E-state index in [1.165, 1.54) is 33.4 Å². The summed E-state index contributed by atoms with van der Waals surface area (Å²) in [7, 11) is 0. The maximum Gasteiger partial charge on any atom is 0.164 e. The van der Waals surface area contributed by atoms with E-state index in [0.29, 0.717) is 17.5 Å². The molecule has 0 amide bonds. The van der Waals surface area contributed by atoms with Crippen molar-refractivity contribution in [1.29, 1.82) is 0 Å². The summed E-state index contributed by atoms with van der Waals surface area (Å²) in [5, 5.41) is 1.08. The Morgan fingerprint density at radius 2 is 0.845 bits per heavy atom. The monoisotopic (exact) mass is 741 g/mol. The minimum atomic E-state index is -0.542. The molecule has 0 atom stereocenters. The molecule has 0 unspecified atom stereocenters. The fourth-order valence-corrected chi connectivity index (χ4v) is 8.72. The van der Waals surface area contributed by atoms with Gasteiger partial charge >= 0.3 is 0 Å². The molecule has 2 heterocycles. The lowest BCUT2D eigenvalue weighted by Crippen LogP contribution is -2.28. The quantitative estimate of drug-likeness (QED) is 0.163. The lowest BCUT2D eigenvalue weighted by atomic mass is 9.67. The molecule has 11 rings (SSSR count). The van der Waals surface area contributed by atoms with E-state index >= 15 is 0 Å². The zero-order valence-electron chi connectivity index (χ0n) is 31.5. The Morgan fingerprint density at radius 1 is 0.328 bits per heavy atom. The van der Waals surface area contributed by atoms with Gasteiger partial charge in [-0.2, -0.15) is 0 Å². The van der Waals surface area contributed by atoms with Crippen LogP contribution in [-0.4, -0.2) is 15.0 Å². The highest BCUT2D eigenvalue weighted by Crippen LogP contribution is 2.56. The third kappa shape index (κ3) is 5.57. The number of nitrogens with zero attached hydrogens (tertiary/aromatic N) is 3. The summed E-state index contributed by atoms with van der Waals surface area (Å²) in [6.07, 6.45) is 0. The third-order valence-corrected chi connectivity index (χ3v) is 11.4. The fraction of sp³-hybridized carbons (Fsp3) is 0.0185. The molecule has 10 aromatic rings. The van der Waals surface area contributed by atoms with Crippen LogP contribution in [-0.2, 0) is 5.41 Å². The molecule has 1 aliphatic carbocycles. The number of para-hydroxylation sites is 1. The number of hydrogen-bond donors (Lipinski definition) is 0. The summed E-state index contributed by atoms with van der Waals surface area (Å²) >= 11 is 0. The first-order valence-electron chi connectivity index (χ1n) is 19.6. The van der Waals surface area contributed by atoms with Gasteiger partial charge in [-0.05, 0) is 68.8 Å². The molecule has 1 aliphatic rings. The smallest absolute Gasteiger partial charge is 0.164 e. The van der Waals surface area contributed by atoms with Gasteiger partial charge in [0.05, 0.1) is 5.41 Å². The van der Waals surface area contributed by atoms with Crippen LogP contribution in [0.15, 0.2) is 217 Å². The minimum Gasteiger partial charge on any atom is -0.456 e. The molecule has 0 bridgehead atoms. The highest BCUT2D eigenvalue weighted by Gasteiger charge is 2.46. The second-order valence-corrected chi connectivity index (χ2v) is 14.8. The van der Waals surface area contributed by atoms with Crippen molar-refractivity contribution in [2.45, 2.75) is 5.41 Å². The van der Waals surface area contributed by atoms with E-state index in [0.717, 1.165) is 50.1 Å². The van der Waals surface area contributed by atoms with Gasteiger partial charge in [0.15, 0.2) is 17.5 Å². The molecule has 0 aliphatic heterocycles. The Hall–Kier alpha value is -7.69. The molecule has 0 saturated heterocycles. The zero-order valence-corrected chi connectivity index (χ0v) is 31.5. The van der Waals surface area contributed by atoms with Crippen LogP contribution in [0.4, 0.5) is 0 Å². The van der Waals surface area contributed by atoms with Gasteiger partial charge in [-0.3, -0.25) is 0 Å². The van der Waals surface area contributed by atoms with E-state index in [9.17, 15) is 0 Å². The van der Waals surface area contributed by atoms with Crippen LogP contribution in [0, 0.1) is 0 Å². The molecule has 58 heavy (non-hydrogen) atoms. The van der Waals surface area contributed by atoms with E-state index in [2.05, 4.69) is 188 Å². The van der Waals surface area contributed by atoms with Gasteiger partial charge in [0, 0.05) is 27.6 Å². The van der Waals surface area contributed by atoms with Gasteiger partial charge in [-0.25, -0.2) is 15.0 Å². The van der Waals surface area contributed by atoms with Crippen LogP contribution in [0.3, 0.4) is 0 Å². The first-order chi connectivity index (χ1) is 28.7. The molecule has 0 fully saturated rings. The van der Waals surface area contributed by atoms with Gasteiger partial charge in [0.1, 0.15) is 11.3 Å². The summed E-state index contributed by atoms with van der Waals surface area (Å²) in [4.78, 5) is 15.6. The van der Waals surface area contributed by atoms with Crippen molar-refractivity contribution in [1.82, 2.24) is 15.0 Å². The second kappa shape index (κ2) is 13.8. The second-order valence-electron chi connectivity index (χ2n) is 14.8. The molecule has 4 heteroatoms. The van der Waals surface area contributed by atoms with Gasteiger partial charge in [0.25, 0.3) is 0 Å². The first-order valence-corrected chi connectivity index (χ1v) is 19.6. The van der Waals surface area contributed by atoms with Gasteiger partial charge in [-0.15, -0.1) is 0 Å². The van der Waals surface area contributed by atoms with Crippen molar-refractivity contribution in [3.05, 3.63) is 235 Å². The van der Waals surface area contributed by atoms with Crippen molar-refractivity contribution >= 4 is 11.0 Å². The molecular weight excluding hydrogens is 707 g/mol. The molecule has 0 saturated carbocycles. The Balaban J connectivity index is 1.10. The van der Waals surface area contributed by atoms with Gasteiger partial charge in [-0.1, -0.05) is 188 Å². The predicted molar refractivity (Wildman–Crippen MR) is 234 cm³/mol. The Bertz CT molecular complexity index is 3030. The fourth-order valence-electron chi connectivity index (χ4n) is 8.72. The molecule has 0 spiro atoms. The van der Waals surface area contributed by atoms with E-state index in [1.807, 2.05) is 24.3 Å². The first kappa shape index (κ1) is 33.6. The SMILES string of the molecule is c1ccc(-c2cccc(-c3nc(-c4ccc(-c5cc6ccccc6o5)cc4)nc(-c4ccc5c(c4)C(c4ccccc4)(c4ccccc4)c4ccccc4-5)n3)c2)cc1. The van der Waals surface area contributed by atoms with Crippen LogP contribution in [0.2, 0.25) is 0 Å². The third-order valence-electron chi connectivity index (χ3n) is 11.4. The maximum atomic E-state index is 6.20. The number of benzene rings is 8. The number of rotatable bonds is 7. The van der Waals surface area contributed by atoms with Crippen LogP contribution in [0.25, 0.3) is 78.7 Å². The molecule has 4 nitrogen and oxygen atoms in total. The molecular formula is C54H35N3O. The standard InChI is InChI=1S/C54H35N3O/c1-4-15-36(16-5-1)39-18-14-19-41(33-39)52-55-51(38-29-27-37(28-30-38)50-35-40-17-10-13-26-49(40)58-50)56-53(57-52)42-31-32-46-45-24-11-12-25-47(45)54(48(46)34-42,43-20-6-2-7-21-43)44-22-8-3-9-23-44/h1-35H. The molecule has 0 radical (unpaired) electrons. The Labute approximate surface area is 336 Å². The van der Waals surface area contributed by atoms with Gasteiger partial charge < -0.3 is 4.42 Å². The Kier molecular flexibility index (Phi) is 8.00. The van der Waals surface area contributed by atoms with E-state index in [1.54, 1.807) is 0 Å². The highest BCUT2D eigenvalue weighted by atomic mass is 16.3. The summed E-state index contributed by atoms with van der Waals surface area (Å²) < 4.78 is 6.20. The molecule has 0 N–H and O–H groups in total. The van der Waals surface area contributed by atoms with Crippen molar-refractivity contribution in [2.24, 2.45) is 0 Å². The molecule has 2 aromatic heterocycles. The number of aromatic nitrogens is 3. The van der Waals surface area contributed by atoms with E-state index in [-0.39, 0.29) is 0 Å². The minimum absolute atomic E-state index is 0.542. The van der Waals surface area contributed by atoms with Crippen molar-refractivity contribution in [3.8, 4) is 67.7 Å². The van der Waals surface area contributed by atoms with Crippen LogP contribution >= 0.6 is 0 Å². The van der Waals surface area contributed by atoms with Crippen LogP contribution in [0.1, 0.15) is 22.3 Å².